The predicted octanol–water partition coefficient (Wildman–Crippen LogP) is 12.4. The number of aliphatic hydroxyl groups excluding tert-OH is 3. The predicted molar refractivity (Wildman–Crippen MR) is 275 cm³/mol. The SMILES string of the molecule is CC/C=C\C/C=C\C/C=C\C/C=C\C/C=C\CCCCCC(=O)OC(COCCCCCCCCCCCC/C=C\C/C=C\CCCCCCC)COC1OC(CO)C(O)C(OS(=O)(=O)O)C1O. The van der Waals surface area contributed by atoms with Crippen molar-refractivity contribution in [3.05, 3.63) is 85.1 Å². The van der Waals surface area contributed by atoms with Gasteiger partial charge in [0.1, 0.15) is 30.5 Å². The summed E-state index contributed by atoms with van der Waals surface area (Å²) in [6, 6.07) is 0. The van der Waals surface area contributed by atoms with E-state index in [1.165, 1.54) is 89.9 Å². The van der Waals surface area contributed by atoms with Gasteiger partial charge >= 0.3 is 16.4 Å². The van der Waals surface area contributed by atoms with Gasteiger partial charge in [-0.2, -0.15) is 8.42 Å². The van der Waals surface area contributed by atoms with Crippen LogP contribution in [0.4, 0.5) is 0 Å². The molecule has 0 bridgehead atoms. The number of unbranched alkanes of at least 4 members (excludes halogenated alkanes) is 18. The molecule has 0 aromatic rings. The van der Waals surface area contributed by atoms with E-state index in [9.17, 15) is 33.1 Å². The fraction of sp³-hybridized carbons (Fsp3) is 0.727. The van der Waals surface area contributed by atoms with Crippen LogP contribution in [0.3, 0.4) is 0 Å². The summed E-state index contributed by atoms with van der Waals surface area (Å²) in [7, 11) is -5.08. The molecule has 0 amide bonds. The zero-order valence-corrected chi connectivity index (χ0v) is 43.0. The lowest BCUT2D eigenvalue weighted by atomic mass is 9.99. The molecule has 392 valence electrons. The van der Waals surface area contributed by atoms with Crippen LogP contribution in [-0.4, -0.2) is 97.5 Å². The maximum absolute atomic E-state index is 12.9. The zero-order chi connectivity index (χ0) is 49.6. The minimum Gasteiger partial charge on any atom is -0.457 e. The Kier molecular flexibility index (Phi) is 42.3. The van der Waals surface area contributed by atoms with Crippen molar-refractivity contribution in [2.24, 2.45) is 0 Å². The molecule has 0 aromatic carbocycles. The van der Waals surface area contributed by atoms with E-state index < -0.39 is 59.8 Å². The first kappa shape index (κ1) is 63.3. The van der Waals surface area contributed by atoms with Crippen LogP contribution >= 0.6 is 0 Å². The highest BCUT2D eigenvalue weighted by Gasteiger charge is 2.48. The van der Waals surface area contributed by atoms with E-state index in [0.29, 0.717) is 13.0 Å². The number of carbonyl (C=O) groups excluding carboxylic acids is 1. The minimum atomic E-state index is -5.08. The number of aliphatic hydroxyl groups is 3. The normalized spacial score (nSPS) is 20.0. The van der Waals surface area contributed by atoms with Gasteiger partial charge in [-0.1, -0.05) is 182 Å². The van der Waals surface area contributed by atoms with Crippen LogP contribution in [0.2, 0.25) is 0 Å². The van der Waals surface area contributed by atoms with E-state index in [0.717, 1.165) is 77.0 Å². The molecule has 6 unspecified atom stereocenters. The van der Waals surface area contributed by atoms with E-state index in [-0.39, 0.29) is 19.6 Å². The Morgan fingerprint density at radius 1 is 0.574 bits per heavy atom. The van der Waals surface area contributed by atoms with Crippen LogP contribution in [0.5, 0.6) is 0 Å². The first-order chi connectivity index (χ1) is 33.1. The second kappa shape index (κ2) is 45.4. The summed E-state index contributed by atoms with van der Waals surface area (Å²) in [5.41, 5.74) is 0. The van der Waals surface area contributed by atoms with Crippen LogP contribution in [0.1, 0.15) is 194 Å². The van der Waals surface area contributed by atoms with Crippen LogP contribution in [-0.2, 0) is 38.3 Å². The lowest BCUT2D eigenvalue weighted by molar-refractivity contribution is -0.301. The second-order valence-corrected chi connectivity index (χ2v) is 18.8. The fourth-order valence-electron chi connectivity index (χ4n) is 7.55. The number of hydrogen-bond acceptors (Lipinski definition) is 11. The van der Waals surface area contributed by atoms with Crippen molar-refractivity contribution in [3.63, 3.8) is 0 Å². The third-order valence-corrected chi connectivity index (χ3v) is 12.0. The molecule has 12 nitrogen and oxygen atoms in total. The summed E-state index contributed by atoms with van der Waals surface area (Å²) in [6.45, 7) is 3.82. The van der Waals surface area contributed by atoms with Gasteiger partial charge in [0, 0.05) is 13.0 Å². The van der Waals surface area contributed by atoms with Gasteiger partial charge in [-0.3, -0.25) is 9.35 Å². The average Bonchev–Trinajstić information content (AvgIpc) is 3.31. The molecule has 0 saturated carbocycles. The third kappa shape index (κ3) is 38.1. The zero-order valence-electron chi connectivity index (χ0n) is 42.1. The van der Waals surface area contributed by atoms with Gasteiger partial charge in [0.05, 0.1) is 19.8 Å². The minimum absolute atomic E-state index is 0.0156. The number of ether oxygens (including phenoxy) is 4. The largest absolute Gasteiger partial charge is 0.457 e. The summed E-state index contributed by atoms with van der Waals surface area (Å²) >= 11 is 0. The molecule has 6 atom stereocenters. The van der Waals surface area contributed by atoms with Gasteiger partial charge in [0.15, 0.2) is 6.29 Å². The molecular weight excluding hydrogens is 885 g/mol. The second-order valence-electron chi connectivity index (χ2n) is 17.7. The topological polar surface area (TPSA) is 178 Å². The Labute approximate surface area is 413 Å². The molecule has 4 N–H and O–H groups in total. The molecule has 68 heavy (non-hydrogen) atoms. The van der Waals surface area contributed by atoms with Gasteiger partial charge in [0.2, 0.25) is 0 Å². The van der Waals surface area contributed by atoms with E-state index in [2.05, 4.69) is 103 Å². The van der Waals surface area contributed by atoms with Crippen molar-refractivity contribution in [3.8, 4) is 0 Å². The van der Waals surface area contributed by atoms with Crippen molar-refractivity contribution >= 4 is 16.4 Å². The third-order valence-electron chi connectivity index (χ3n) is 11.5. The number of rotatable bonds is 45. The lowest BCUT2D eigenvalue weighted by Gasteiger charge is -2.41. The average molecular weight is 979 g/mol. The van der Waals surface area contributed by atoms with Crippen LogP contribution in [0.25, 0.3) is 0 Å². The van der Waals surface area contributed by atoms with Crippen LogP contribution < -0.4 is 0 Å². The molecular formula is C55H94O12S. The van der Waals surface area contributed by atoms with Crippen LogP contribution in [0.15, 0.2) is 85.1 Å². The summed E-state index contributed by atoms with van der Waals surface area (Å²) in [5, 5.41) is 30.8. The van der Waals surface area contributed by atoms with Gasteiger partial charge in [-0.05, 0) is 89.9 Å². The van der Waals surface area contributed by atoms with Crippen LogP contribution in [0, 0.1) is 0 Å². The smallest absolute Gasteiger partial charge is 0.397 e. The molecule has 0 aromatic heterocycles. The monoisotopic (exact) mass is 979 g/mol. The summed E-state index contributed by atoms with van der Waals surface area (Å²) in [6.07, 6.45) is 51.8. The summed E-state index contributed by atoms with van der Waals surface area (Å²) in [4.78, 5) is 12.9. The Bertz CT molecular complexity index is 1500. The van der Waals surface area contributed by atoms with Gasteiger partial charge in [-0.15, -0.1) is 0 Å². The molecule has 1 rings (SSSR count). The highest BCUT2D eigenvalue weighted by molar-refractivity contribution is 7.80. The lowest BCUT2D eigenvalue weighted by Crippen LogP contribution is -2.60. The van der Waals surface area contributed by atoms with Crippen molar-refractivity contribution in [1.29, 1.82) is 0 Å². The molecule has 1 heterocycles. The molecule has 0 radical (unpaired) electrons. The Morgan fingerprint density at radius 2 is 1.01 bits per heavy atom. The molecule has 0 aliphatic carbocycles. The Morgan fingerprint density at radius 3 is 1.49 bits per heavy atom. The molecule has 0 spiro atoms. The van der Waals surface area contributed by atoms with Gasteiger partial charge in [-0.25, -0.2) is 4.18 Å². The molecule has 1 fully saturated rings. The molecule has 1 aliphatic heterocycles. The van der Waals surface area contributed by atoms with Crippen molar-refractivity contribution in [1.82, 2.24) is 0 Å². The highest BCUT2D eigenvalue weighted by Crippen LogP contribution is 2.26. The first-order valence-electron chi connectivity index (χ1n) is 26.3. The maximum atomic E-state index is 12.9. The summed E-state index contributed by atoms with van der Waals surface area (Å²) in [5.74, 6) is -0.433. The highest BCUT2D eigenvalue weighted by atomic mass is 32.3. The van der Waals surface area contributed by atoms with Crippen molar-refractivity contribution in [2.75, 3.05) is 26.4 Å². The number of allylic oxidation sites excluding steroid dienone is 14. The Hall–Kier alpha value is -2.72. The Balaban J connectivity index is 2.38. The van der Waals surface area contributed by atoms with E-state index in [1.807, 2.05) is 0 Å². The van der Waals surface area contributed by atoms with Gasteiger partial charge < -0.3 is 34.3 Å². The van der Waals surface area contributed by atoms with Crippen molar-refractivity contribution in [2.45, 2.75) is 230 Å². The number of esters is 1. The number of hydrogen-bond donors (Lipinski definition) is 4. The molecule has 1 saturated heterocycles. The fourth-order valence-corrected chi connectivity index (χ4v) is 8.06. The van der Waals surface area contributed by atoms with E-state index in [4.69, 9.17) is 18.9 Å². The van der Waals surface area contributed by atoms with E-state index >= 15 is 0 Å². The standard InChI is InChI=1S/C55H94O12S/c1-3-5-7-9-11-13-15-17-19-21-23-24-25-27-29-31-33-35-37-39-41-43-45-63-47-49(48-64-55-53(59)54(67-68(60,61)62)52(58)50(46-56)66-55)65-51(57)44-42-40-38-36-34-32-30-28-26-22-20-18-16-14-12-10-8-6-4-2/h6,8,12,14-15,17-18,20-21,23,26,28,32,34,49-50,52-56,58-59H,3-5,7,9-11,13,16,19,22,24-25,27,29-31,33,35-48H2,1-2H3,(H,60,61,62)/b8-6-,14-12-,17-15-,20-18-,23-21-,28-26-,34-32-. The first-order valence-corrected chi connectivity index (χ1v) is 27.7. The van der Waals surface area contributed by atoms with E-state index in [1.54, 1.807) is 0 Å². The summed E-state index contributed by atoms with van der Waals surface area (Å²) < 4.78 is 59.3. The quantitative estimate of drug-likeness (QED) is 0.0197. The maximum Gasteiger partial charge on any atom is 0.397 e. The number of carbonyl (C=O) groups is 1. The van der Waals surface area contributed by atoms with Crippen molar-refractivity contribution < 1.29 is 56.2 Å². The molecule has 1 aliphatic rings. The van der Waals surface area contributed by atoms with Gasteiger partial charge in [0.25, 0.3) is 0 Å². The molecule has 13 heteroatoms.